The summed E-state index contributed by atoms with van der Waals surface area (Å²) in [7, 11) is 2.90. The molecule has 198 valence electrons. The molecule has 0 spiro atoms. The van der Waals surface area contributed by atoms with Gasteiger partial charge in [-0.3, -0.25) is 28.9 Å². The van der Waals surface area contributed by atoms with Crippen LogP contribution in [0.1, 0.15) is 28.8 Å². The topological polar surface area (TPSA) is 175 Å². The number of carbonyl (C=O) groups excluding carboxylic acids is 5. The lowest BCUT2D eigenvalue weighted by molar-refractivity contribution is -0.196. The van der Waals surface area contributed by atoms with Crippen molar-refractivity contribution in [2.45, 2.75) is 30.6 Å². The minimum atomic E-state index is -3.01. The molecule has 0 radical (unpaired) electrons. The van der Waals surface area contributed by atoms with E-state index in [-0.39, 0.29) is 11.3 Å². The number of amides is 1. The van der Waals surface area contributed by atoms with Crippen molar-refractivity contribution in [3.8, 4) is 16.9 Å². The smallest absolute Gasteiger partial charge is 0.235 e. The van der Waals surface area contributed by atoms with E-state index in [2.05, 4.69) is 0 Å². The molecular formula is C28H28N2O8. The fraction of sp³-hybridized carbons (Fsp3) is 0.393. The highest BCUT2D eigenvalue weighted by molar-refractivity contribution is 6.32. The summed E-state index contributed by atoms with van der Waals surface area (Å²) >= 11 is 0. The van der Waals surface area contributed by atoms with Crippen LogP contribution in [0.2, 0.25) is 0 Å². The Bertz CT molecular complexity index is 1400. The highest BCUT2D eigenvalue weighted by Crippen LogP contribution is 2.55. The van der Waals surface area contributed by atoms with Gasteiger partial charge in [0.1, 0.15) is 5.75 Å². The molecule has 38 heavy (non-hydrogen) atoms. The Hall–Kier alpha value is -3.73. The van der Waals surface area contributed by atoms with Crippen molar-refractivity contribution in [1.29, 1.82) is 0 Å². The van der Waals surface area contributed by atoms with E-state index in [1.165, 1.54) is 19.0 Å². The number of aliphatic hydroxyl groups excluding tert-OH is 1. The zero-order valence-corrected chi connectivity index (χ0v) is 21.0. The quantitative estimate of drug-likeness (QED) is 0.408. The van der Waals surface area contributed by atoms with E-state index in [1.807, 2.05) is 0 Å². The van der Waals surface area contributed by atoms with Gasteiger partial charge in [0.05, 0.1) is 29.5 Å². The highest BCUT2D eigenvalue weighted by Gasteiger charge is 2.72. The molecule has 2 aromatic rings. The first-order valence-electron chi connectivity index (χ1n) is 12.3. The lowest BCUT2D eigenvalue weighted by Gasteiger charge is -2.56. The zero-order chi connectivity index (χ0) is 27.8. The van der Waals surface area contributed by atoms with Crippen molar-refractivity contribution < 1.29 is 39.3 Å². The Morgan fingerprint density at radius 2 is 1.63 bits per heavy atom. The summed E-state index contributed by atoms with van der Waals surface area (Å²) in [5.74, 6) is -13.3. The number of phenolic OH excluding ortho intramolecular Hbond substituents is 1. The van der Waals surface area contributed by atoms with Gasteiger partial charge in [0, 0.05) is 11.5 Å². The number of nitrogens with two attached hydrogens (primary N) is 1. The third-order valence-electron chi connectivity index (χ3n) is 8.57. The van der Waals surface area contributed by atoms with Crippen molar-refractivity contribution in [2.75, 3.05) is 14.1 Å². The number of rotatable bonds is 3. The van der Waals surface area contributed by atoms with Crippen LogP contribution in [0.25, 0.3) is 11.1 Å². The summed E-state index contributed by atoms with van der Waals surface area (Å²) in [5, 5.41) is 34.5. The maximum atomic E-state index is 14.0. The number of likely N-dealkylation sites (N-methyl/N-ethyl adjacent to an activating group) is 1. The number of hydrogen-bond donors (Lipinski definition) is 4. The van der Waals surface area contributed by atoms with Crippen molar-refractivity contribution in [3.63, 3.8) is 0 Å². The van der Waals surface area contributed by atoms with Crippen LogP contribution >= 0.6 is 0 Å². The fourth-order valence-electron chi connectivity index (χ4n) is 6.84. The number of carbonyl (C=O) groups is 5. The van der Waals surface area contributed by atoms with Gasteiger partial charge in [-0.2, -0.15) is 0 Å². The largest absolute Gasteiger partial charge is 0.507 e. The first-order chi connectivity index (χ1) is 17.8. The average Bonchev–Trinajstić information content (AvgIpc) is 2.86. The first-order valence-corrected chi connectivity index (χ1v) is 12.3. The monoisotopic (exact) mass is 520 g/mol. The number of fused-ring (bicyclic) bond motifs is 3. The fourth-order valence-corrected chi connectivity index (χ4v) is 6.84. The Kier molecular flexibility index (Phi) is 5.90. The lowest BCUT2D eigenvalue weighted by Crippen LogP contribution is -2.77. The van der Waals surface area contributed by atoms with Crippen LogP contribution in [0.15, 0.2) is 42.5 Å². The van der Waals surface area contributed by atoms with Crippen LogP contribution in [0.3, 0.4) is 0 Å². The number of nitrogens with zero attached hydrogens (tertiary/aromatic N) is 1. The summed E-state index contributed by atoms with van der Waals surface area (Å²) < 4.78 is 0. The van der Waals surface area contributed by atoms with Gasteiger partial charge in [-0.05, 0) is 31.1 Å². The maximum Gasteiger partial charge on any atom is 0.235 e. The minimum absolute atomic E-state index is 0.127. The van der Waals surface area contributed by atoms with E-state index in [0.29, 0.717) is 16.7 Å². The number of aliphatic hydroxyl groups is 2. The summed E-state index contributed by atoms with van der Waals surface area (Å²) in [5.41, 5.74) is 3.56. The van der Waals surface area contributed by atoms with Crippen LogP contribution in [0, 0.1) is 23.7 Å². The molecule has 0 heterocycles. The van der Waals surface area contributed by atoms with Gasteiger partial charge in [-0.15, -0.1) is 0 Å². The van der Waals surface area contributed by atoms with E-state index in [4.69, 9.17) is 5.73 Å². The van der Waals surface area contributed by atoms with Crippen LogP contribution in [0.4, 0.5) is 0 Å². The molecule has 10 nitrogen and oxygen atoms in total. The second-order valence-electron chi connectivity index (χ2n) is 10.7. The number of benzene rings is 2. The molecule has 5 N–H and O–H groups in total. The molecule has 2 saturated carbocycles. The molecule has 8 atom stereocenters. The molecule has 2 fully saturated rings. The van der Waals surface area contributed by atoms with E-state index in [0.717, 1.165) is 0 Å². The summed E-state index contributed by atoms with van der Waals surface area (Å²) in [4.78, 5) is 67.9. The van der Waals surface area contributed by atoms with Crippen LogP contribution in [-0.2, 0) is 19.2 Å². The van der Waals surface area contributed by atoms with E-state index in [9.17, 15) is 39.3 Å². The molecule has 1 amide bonds. The third-order valence-corrected chi connectivity index (χ3v) is 8.57. The maximum absolute atomic E-state index is 14.0. The summed E-state index contributed by atoms with van der Waals surface area (Å²) in [6.45, 7) is 1.68. The van der Waals surface area contributed by atoms with Crippen LogP contribution in [-0.4, -0.2) is 81.1 Å². The first kappa shape index (κ1) is 25.9. The Morgan fingerprint density at radius 3 is 2.21 bits per heavy atom. The number of aromatic hydroxyl groups is 1. The lowest BCUT2D eigenvalue weighted by atomic mass is 9.49. The van der Waals surface area contributed by atoms with Gasteiger partial charge in [0.25, 0.3) is 0 Å². The molecule has 5 rings (SSSR count). The number of hydrogen-bond acceptors (Lipinski definition) is 9. The SMILES string of the molecule is C[C@@H]1c2ccc(-c3ccccc3)c(O)c2C(=O)C2C(=O)[C@@]3(O)C(=O)C(C(N)=O)C(=O)[C@H](N(C)C)[C@H]3[C@H](O)[C@H]21. The van der Waals surface area contributed by atoms with Gasteiger partial charge in [-0.1, -0.05) is 49.4 Å². The molecule has 2 unspecified atom stereocenters. The van der Waals surface area contributed by atoms with E-state index in [1.54, 1.807) is 49.4 Å². The Balaban J connectivity index is 1.71. The Morgan fingerprint density at radius 1 is 1.00 bits per heavy atom. The molecule has 0 aromatic heterocycles. The van der Waals surface area contributed by atoms with Gasteiger partial charge in [-0.25, -0.2) is 0 Å². The van der Waals surface area contributed by atoms with Gasteiger partial charge in [0.2, 0.25) is 5.91 Å². The number of phenols is 1. The second kappa shape index (κ2) is 8.65. The van der Waals surface area contributed by atoms with Crippen molar-refractivity contribution >= 4 is 29.0 Å². The summed E-state index contributed by atoms with van der Waals surface area (Å²) in [6, 6.07) is 10.7. The van der Waals surface area contributed by atoms with Gasteiger partial charge >= 0.3 is 0 Å². The van der Waals surface area contributed by atoms with Crippen molar-refractivity contribution in [1.82, 2.24) is 4.90 Å². The second-order valence-corrected chi connectivity index (χ2v) is 10.7. The number of ketones is 4. The normalized spacial score (nSPS) is 34.5. The van der Waals surface area contributed by atoms with Crippen molar-refractivity contribution in [2.24, 2.45) is 29.4 Å². The van der Waals surface area contributed by atoms with Gasteiger partial charge < -0.3 is 21.1 Å². The predicted octanol–water partition coefficient (Wildman–Crippen LogP) is 0.0658. The average molecular weight is 521 g/mol. The summed E-state index contributed by atoms with van der Waals surface area (Å²) in [6.07, 6.45) is -1.65. The minimum Gasteiger partial charge on any atom is -0.507 e. The van der Waals surface area contributed by atoms with Crippen LogP contribution < -0.4 is 5.73 Å². The standard InChI is InChI=1S/C28H28N2O8/c1-11-13-9-10-14(12-7-5-4-6-8-12)21(31)16(13)22(32)17-15(11)23(33)19-20(30(2)3)24(34)18(27(29)37)26(36)28(19,38)25(17)35/h4-11,15,17-20,23,31,33,38H,1-3H3,(H2,29,37)/t11-,15+,17?,18?,19+,20-,23-,28-/m1/s1. The zero-order valence-electron chi connectivity index (χ0n) is 21.0. The Labute approximate surface area is 218 Å². The molecule has 2 aromatic carbocycles. The number of primary amides is 1. The molecule has 3 aliphatic rings. The molecule has 0 saturated heterocycles. The predicted molar refractivity (Wildman–Crippen MR) is 133 cm³/mol. The van der Waals surface area contributed by atoms with Crippen molar-refractivity contribution in [3.05, 3.63) is 53.6 Å². The molecule has 0 bridgehead atoms. The molecular weight excluding hydrogens is 492 g/mol. The van der Waals surface area contributed by atoms with Crippen LogP contribution in [0.5, 0.6) is 5.75 Å². The van der Waals surface area contributed by atoms with E-state index >= 15 is 0 Å². The molecule has 0 aliphatic heterocycles. The number of Topliss-reactive ketones (excluding diaryl/α,β-unsaturated/α-hetero) is 4. The highest BCUT2D eigenvalue weighted by atomic mass is 16.3. The molecule has 3 aliphatic carbocycles. The van der Waals surface area contributed by atoms with E-state index < -0.39 is 76.4 Å². The van der Waals surface area contributed by atoms with Gasteiger partial charge in [0.15, 0.2) is 34.7 Å². The third kappa shape index (κ3) is 3.20. The molecule has 10 heteroatoms.